The third-order valence-electron chi connectivity index (χ3n) is 3.38. The summed E-state index contributed by atoms with van der Waals surface area (Å²) in [5.41, 5.74) is 0. The number of aliphatic carboxylic acids is 1. The molecule has 1 N–H and O–H groups in total. The van der Waals surface area contributed by atoms with Gasteiger partial charge in [-0.3, -0.25) is 4.79 Å². The summed E-state index contributed by atoms with van der Waals surface area (Å²) < 4.78 is 31.7. The minimum absolute atomic E-state index is 0.0701. The fraction of sp³-hybridized carbons (Fsp3) is 0.375. The lowest BCUT2D eigenvalue weighted by Crippen LogP contribution is -2.43. The average Bonchev–Trinajstić information content (AvgIpc) is 2.79. The summed E-state index contributed by atoms with van der Waals surface area (Å²) in [5, 5.41) is 9.29. The number of amides is 1. The molecule has 0 aliphatic carbocycles. The van der Waals surface area contributed by atoms with Gasteiger partial charge in [0.1, 0.15) is 17.6 Å². The van der Waals surface area contributed by atoms with Crippen LogP contribution in [0.4, 0.5) is 8.78 Å². The molecule has 1 aliphatic rings. The van der Waals surface area contributed by atoms with Crippen LogP contribution in [0.15, 0.2) is 30.0 Å². The van der Waals surface area contributed by atoms with E-state index in [0.717, 1.165) is 18.2 Å². The molecule has 0 bridgehead atoms. The highest BCUT2D eigenvalue weighted by molar-refractivity contribution is 5.94. The quantitative estimate of drug-likeness (QED) is 0.873. The first-order valence-corrected chi connectivity index (χ1v) is 7.14. The molecular formula is C16H17F2NO4. The highest BCUT2D eigenvalue weighted by Crippen LogP contribution is 2.24. The van der Waals surface area contributed by atoms with Crippen molar-refractivity contribution in [3.63, 3.8) is 0 Å². The molecule has 124 valence electrons. The fourth-order valence-electron chi connectivity index (χ4n) is 2.34. The number of hydrogen-bond acceptors (Lipinski definition) is 3. The topological polar surface area (TPSA) is 66.8 Å². The predicted octanol–water partition coefficient (Wildman–Crippen LogP) is 2.57. The summed E-state index contributed by atoms with van der Waals surface area (Å²) in [5.74, 6) is -3.25. The average molecular weight is 325 g/mol. The molecule has 1 amide bonds. The lowest BCUT2D eigenvalue weighted by molar-refractivity contribution is -0.148. The minimum atomic E-state index is -1.10. The van der Waals surface area contributed by atoms with Crippen LogP contribution in [0, 0.1) is 17.6 Å². The van der Waals surface area contributed by atoms with Crippen molar-refractivity contribution in [1.29, 1.82) is 0 Å². The van der Waals surface area contributed by atoms with E-state index < -0.39 is 29.6 Å². The van der Waals surface area contributed by atoms with Crippen LogP contribution < -0.4 is 4.74 Å². The van der Waals surface area contributed by atoms with Crippen LogP contribution in [-0.4, -0.2) is 34.5 Å². The number of carboxylic acids is 1. The van der Waals surface area contributed by atoms with Crippen LogP contribution >= 0.6 is 0 Å². The van der Waals surface area contributed by atoms with Crippen molar-refractivity contribution in [2.45, 2.75) is 26.3 Å². The van der Waals surface area contributed by atoms with Crippen LogP contribution in [0.1, 0.15) is 20.3 Å². The number of hydrogen-bond donors (Lipinski definition) is 1. The maximum Gasteiger partial charge on any atom is 0.326 e. The SMILES string of the molecule is CC(C)CC(C(=O)O)N1CC(Oc2ccc(F)cc2F)=CC1=O. The second-order valence-corrected chi connectivity index (χ2v) is 5.74. The Morgan fingerprint density at radius 2 is 2.09 bits per heavy atom. The first kappa shape index (κ1) is 16.9. The molecule has 0 aromatic heterocycles. The van der Waals surface area contributed by atoms with Gasteiger partial charge in [0, 0.05) is 12.1 Å². The first-order chi connectivity index (χ1) is 10.8. The van der Waals surface area contributed by atoms with Crippen molar-refractivity contribution in [3.05, 3.63) is 41.7 Å². The Bertz CT molecular complexity index is 657. The van der Waals surface area contributed by atoms with Gasteiger partial charge in [-0.2, -0.15) is 0 Å². The van der Waals surface area contributed by atoms with Crippen molar-refractivity contribution in [2.24, 2.45) is 5.92 Å². The Kier molecular flexibility index (Phi) is 4.98. The molecule has 1 unspecified atom stereocenters. The Morgan fingerprint density at radius 3 is 2.65 bits per heavy atom. The molecule has 7 heteroatoms. The van der Waals surface area contributed by atoms with E-state index in [4.69, 9.17) is 4.74 Å². The van der Waals surface area contributed by atoms with E-state index >= 15 is 0 Å². The molecule has 0 saturated heterocycles. The Morgan fingerprint density at radius 1 is 1.39 bits per heavy atom. The molecule has 1 aromatic carbocycles. The first-order valence-electron chi connectivity index (χ1n) is 7.14. The van der Waals surface area contributed by atoms with E-state index in [-0.39, 0.29) is 24.0 Å². The van der Waals surface area contributed by atoms with E-state index in [1.165, 1.54) is 4.90 Å². The highest BCUT2D eigenvalue weighted by Gasteiger charge is 2.34. The minimum Gasteiger partial charge on any atom is -0.480 e. The summed E-state index contributed by atoms with van der Waals surface area (Å²) in [6.45, 7) is 3.64. The van der Waals surface area contributed by atoms with Crippen molar-refractivity contribution in [3.8, 4) is 5.75 Å². The lowest BCUT2D eigenvalue weighted by atomic mass is 10.0. The normalized spacial score (nSPS) is 15.8. The van der Waals surface area contributed by atoms with Crippen molar-refractivity contribution in [1.82, 2.24) is 4.90 Å². The van der Waals surface area contributed by atoms with Crippen LogP contribution in [0.5, 0.6) is 5.75 Å². The zero-order valence-electron chi connectivity index (χ0n) is 12.8. The van der Waals surface area contributed by atoms with Crippen molar-refractivity contribution in [2.75, 3.05) is 6.54 Å². The largest absolute Gasteiger partial charge is 0.480 e. The van der Waals surface area contributed by atoms with Gasteiger partial charge in [0.25, 0.3) is 5.91 Å². The molecule has 1 atom stereocenters. The van der Waals surface area contributed by atoms with E-state index in [1.807, 2.05) is 13.8 Å². The predicted molar refractivity (Wildman–Crippen MR) is 77.7 cm³/mol. The smallest absolute Gasteiger partial charge is 0.326 e. The second kappa shape index (κ2) is 6.76. The number of carbonyl (C=O) groups excluding carboxylic acids is 1. The molecule has 1 aromatic rings. The van der Waals surface area contributed by atoms with E-state index in [9.17, 15) is 23.5 Å². The van der Waals surface area contributed by atoms with Crippen LogP contribution in [0.3, 0.4) is 0 Å². The van der Waals surface area contributed by atoms with Gasteiger partial charge < -0.3 is 14.7 Å². The van der Waals surface area contributed by atoms with Crippen LogP contribution in [-0.2, 0) is 9.59 Å². The number of carbonyl (C=O) groups is 2. The van der Waals surface area contributed by atoms with Crippen LogP contribution in [0.2, 0.25) is 0 Å². The van der Waals surface area contributed by atoms with Gasteiger partial charge in [0.2, 0.25) is 0 Å². The van der Waals surface area contributed by atoms with Gasteiger partial charge in [-0.25, -0.2) is 13.6 Å². The summed E-state index contributed by atoms with van der Waals surface area (Å²) in [6, 6.07) is 1.84. The molecule has 0 radical (unpaired) electrons. The molecule has 0 spiro atoms. The number of nitrogens with zero attached hydrogens (tertiary/aromatic N) is 1. The summed E-state index contributed by atoms with van der Waals surface area (Å²) >= 11 is 0. The molecule has 23 heavy (non-hydrogen) atoms. The molecule has 0 fully saturated rings. The molecule has 1 aliphatic heterocycles. The van der Waals surface area contributed by atoms with E-state index in [0.29, 0.717) is 12.5 Å². The number of carboxylic acid groups (broad SMARTS) is 1. The third-order valence-corrected chi connectivity index (χ3v) is 3.38. The van der Waals surface area contributed by atoms with Crippen LogP contribution in [0.25, 0.3) is 0 Å². The second-order valence-electron chi connectivity index (χ2n) is 5.74. The molecule has 1 heterocycles. The highest BCUT2D eigenvalue weighted by atomic mass is 19.1. The van der Waals surface area contributed by atoms with E-state index in [1.54, 1.807) is 0 Å². The van der Waals surface area contributed by atoms with Crippen molar-refractivity contribution < 1.29 is 28.2 Å². The van der Waals surface area contributed by atoms with Gasteiger partial charge in [-0.15, -0.1) is 0 Å². The maximum atomic E-state index is 13.6. The molecule has 2 rings (SSSR count). The Hall–Kier alpha value is -2.44. The Labute approximate surface area is 132 Å². The van der Waals surface area contributed by atoms with Gasteiger partial charge in [-0.05, 0) is 24.5 Å². The standard InChI is InChI=1S/C16H17F2NO4/c1-9(2)5-13(16(21)22)19-8-11(7-15(19)20)23-14-4-3-10(17)6-12(14)18/h3-4,6-7,9,13H,5,8H2,1-2H3,(H,21,22). The Balaban J connectivity index is 2.11. The van der Waals surface area contributed by atoms with Gasteiger partial charge in [0.15, 0.2) is 11.6 Å². The summed E-state index contributed by atoms with van der Waals surface area (Å²) in [4.78, 5) is 24.5. The summed E-state index contributed by atoms with van der Waals surface area (Å²) in [7, 11) is 0. The zero-order chi connectivity index (χ0) is 17.1. The van der Waals surface area contributed by atoms with E-state index in [2.05, 4.69) is 0 Å². The summed E-state index contributed by atoms with van der Waals surface area (Å²) in [6.07, 6.45) is 1.42. The number of benzene rings is 1. The zero-order valence-corrected chi connectivity index (χ0v) is 12.8. The number of ether oxygens (including phenoxy) is 1. The fourth-order valence-corrected chi connectivity index (χ4v) is 2.34. The van der Waals surface area contributed by atoms with Crippen molar-refractivity contribution >= 4 is 11.9 Å². The van der Waals surface area contributed by atoms with Gasteiger partial charge >= 0.3 is 5.97 Å². The van der Waals surface area contributed by atoms with Gasteiger partial charge in [-0.1, -0.05) is 13.8 Å². The maximum absolute atomic E-state index is 13.6. The lowest BCUT2D eigenvalue weighted by Gasteiger charge is -2.25. The number of halogens is 2. The van der Waals surface area contributed by atoms with Gasteiger partial charge in [0.05, 0.1) is 6.54 Å². The molecule has 0 saturated carbocycles. The third kappa shape index (κ3) is 4.06. The monoisotopic (exact) mass is 325 g/mol. The number of rotatable bonds is 6. The molecular weight excluding hydrogens is 308 g/mol. The molecule has 5 nitrogen and oxygen atoms in total.